The van der Waals surface area contributed by atoms with Crippen LogP contribution < -0.4 is 4.57 Å². The highest BCUT2D eigenvalue weighted by molar-refractivity contribution is 6.30. The normalized spacial score (nSPS) is 10.6. The molecule has 0 spiro atoms. The zero-order chi connectivity index (χ0) is 16.9. The summed E-state index contributed by atoms with van der Waals surface area (Å²) in [5, 5.41) is 0.749. The highest BCUT2D eigenvalue weighted by atomic mass is 35.5. The Morgan fingerprint density at radius 1 is 0.875 bits per heavy atom. The third kappa shape index (κ3) is 4.30. The maximum Gasteiger partial charge on any atom is 0.227 e. The van der Waals surface area contributed by atoms with Crippen LogP contribution in [0.15, 0.2) is 73.1 Å². The zero-order valence-electron chi connectivity index (χ0n) is 13.6. The number of benzene rings is 2. The Kier molecular flexibility index (Phi) is 5.07. The highest BCUT2D eigenvalue weighted by Gasteiger charge is 2.11. The van der Waals surface area contributed by atoms with Gasteiger partial charge < -0.3 is 0 Å². The van der Waals surface area contributed by atoms with Gasteiger partial charge in [0.15, 0.2) is 12.4 Å². The number of pyridine rings is 1. The first-order valence-corrected chi connectivity index (χ1v) is 8.30. The van der Waals surface area contributed by atoms with Gasteiger partial charge in [-0.1, -0.05) is 53.6 Å². The summed E-state index contributed by atoms with van der Waals surface area (Å²) in [4.78, 5) is 12.3. The molecule has 0 amide bonds. The van der Waals surface area contributed by atoms with E-state index in [9.17, 15) is 4.79 Å². The lowest BCUT2D eigenvalue weighted by Gasteiger charge is -2.02. The first kappa shape index (κ1) is 16.4. The summed E-state index contributed by atoms with van der Waals surface area (Å²) in [7, 11) is 0. The first-order valence-electron chi connectivity index (χ1n) is 7.92. The molecule has 1 aromatic heterocycles. The third-order valence-electron chi connectivity index (χ3n) is 3.98. The van der Waals surface area contributed by atoms with Gasteiger partial charge in [-0.3, -0.25) is 4.79 Å². The molecular weight excluding hydrogens is 318 g/mol. The van der Waals surface area contributed by atoms with E-state index in [-0.39, 0.29) is 5.78 Å². The van der Waals surface area contributed by atoms with Crippen molar-refractivity contribution >= 4 is 17.4 Å². The number of hydrogen-bond donors (Lipinski definition) is 0. The van der Waals surface area contributed by atoms with Gasteiger partial charge in [0.2, 0.25) is 12.3 Å². The Bertz CT molecular complexity index is 821. The number of hydrogen-bond acceptors (Lipinski definition) is 1. The van der Waals surface area contributed by atoms with Crippen LogP contribution in [0.3, 0.4) is 0 Å². The monoisotopic (exact) mass is 336 g/mol. The minimum atomic E-state index is 0.116. The van der Waals surface area contributed by atoms with Crippen LogP contribution >= 0.6 is 11.6 Å². The van der Waals surface area contributed by atoms with Crippen LogP contribution in [0.25, 0.3) is 0 Å². The van der Waals surface area contributed by atoms with Crippen LogP contribution in [0.1, 0.15) is 27.0 Å². The number of nitrogens with zero attached hydrogens (tertiary/aromatic N) is 1. The van der Waals surface area contributed by atoms with Crippen molar-refractivity contribution in [1.82, 2.24) is 0 Å². The Labute approximate surface area is 147 Å². The van der Waals surface area contributed by atoms with Crippen molar-refractivity contribution in [2.75, 3.05) is 0 Å². The Hall–Kier alpha value is -2.45. The van der Waals surface area contributed by atoms with Crippen molar-refractivity contribution in [2.45, 2.75) is 19.9 Å². The quantitative estimate of drug-likeness (QED) is 0.499. The van der Waals surface area contributed by atoms with Crippen LogP contribution in [-0.4, -0.2) is 5.78 Å². The van der Waals surface area contributed by atoms with Crippen molar-refractivity contribution in [3.05, 3.63) is 100 Å². The third-order valence-corrected chi connectivity index (χ3v) is 4.23. The fraction of sp³-hybridized carbons (Fsp3) is 0.143. The number of halogens is 1. The maximum atomic E-state index is 12.3. The van der Waals surface area contributed by atoms with E-state index >= 15 is 0 Å². The topological polar surface area (TPSA) is 20.9 Å². The minimum absolute atomic E-state index is 0.116. The second kappa shape index (κ2) is 7.41. The molecule has 0 unspecified atom stereocenters. The van der Waals surface area contributed by atoms with Crippen LogP contribution in [0, 0.1) is 6.92 Å². The molecule has 3 rings (SSSR count). The van der Waals surface area contributed by atoms with Gasteiger partial charge in [0.25, 0.3) is 0 Å². The van der Waals surface area contributed by atoms with Gasteiger partial charge in [0.05, 0.1) is 0 Å². The molecule has 3 heteroatoms. The van der Waals surface area contributed by atoms with E-state index in [1.807, 2.05) is 72.4 Å². The average molecular weight is 337 g/mol. The summed E-state index contributed by atoms with van der Waals surface area (Å²) in [5.41, 5.74) is 4.33. The average Bonchev–Trinajstić information content (AvgIpc) is 2.59. The van der Waals surface area contributed by atoms with Crippen LogP contribution in [0.5, 0.6) is 0 Å². The molecule has 0 aliphatic heterocycles. The molecule has 2 aromatic carbocycles. The smallest absolute Gasteiger partial charge is 0.227 e. The van der Waals surface area contributed by atoms with Crippen molar-refractivity contribution in [1.29, 1.82) is 0 Å². The molecule has 0 aliphatic carbocycles. The molecule has 24 heavy (non-hydrogen) atoms. The maximum absolute atomic E-state index is 12.3. The lowest BCUT2D eigenvalue weighted by atomic mass is 10.1. The first-order chi connectivity index (χ1) is 11.6. The number of ketones is 1. The van der Waals surface area contributed by atoms with Crippen molar-refractivity contribution in [2.24, 2.45) is 0 Å². The molecule has 0 N–H and O–H groups in total. The number of Topliss-reactive ketones (excluding diaryl/α,β-unsaturated/α-hetero) is 1. The molecule has 0 aliphatic rings. The van der Waals surface area contributed by atoms with Crippen molar-refractivity contribution in [3.8, 4) is 0 Å². The van der Waals surface area contributed by atoms with Gasteiger partial charge in [-0.2, -0.15) is 4.57 Å². The summed E-state index contributed by atoms with van der Waals surface area (Å²) < 4.78 is 1.91. The second-order valence-electron chi connectivity index (χ2n) is 5.97. The molecule has 120 valence electrons. The molecule has 0 bridgehead atoms. The summed E-state index contributed by atoms with van der Waals surface area (Å²) in [6, 6.07) is 19.7. The standard InChI is InChI=1S/C21H19ClNO/c1-16-2-6-19(7-3-16)21(24)15-23-12-10-18(11-13-23)14-17-4-8-20(22)9-5-17/h2-13H,14-15H2,1H3/q+1. The summed E-state index contributed by atoms with van der Waals surface area (Å²) in [5.74, 6) is 0.116. The Balaban J connectivity index is 1.64. The van der Waals surface area contributed by atoms with Gasteiger partial charge in [0, 0.05) is 22.7 Å². The summed E-state index contributed by atoms with van der Waals surface area (Å²) in [6.45, 7) is 2.37. The van der Waals surface area contributed by atoms with E-state index < -0.39 is 0 Å². The number of aryl methyl sites for hydroxylation is 1. The number of carbonyl (C=O) groups excluding carboxylic acids is 1. The van der Waals surface area contributed by atoms with Gasteiger partial charge in [0.1, 0.15) is 0 Å². The molecule has 0 atom stereocenters. The predicted octanol–water partition coefficient (Wildman–Crippen LogP) is 4.41. The molecule has 0 saturated carbocycles. The van der Waals surface area contributed by atoms with E-state index in [2.05, 4.69) is 12.1 Å². The summed E-state index contributed by atoms with van der Waals surface area (Å²) in [6.07, 6.45) is 4.76. The predicted molar refractivity (Wildman–Crippen MR) is 96.4 cm³/mol. The van der Waals surface area contributed by atoms with Crippen molar-refractivity contribution in [3.63, 3.8) is 0 Å². The molecule has 1 heterocycles. The lowest BCUT2D eigenvalue weighted by Crippen LogP contribution is -2.37. The fourth-order valence-corrected chi connectivity index (χ4v) is 2.67. The van der Waals surface area contributed by atoms with Crippen LogP contribution in [0.2, 0.25) is 5.02 Å². The van der Waals surface area contributed by atoms with Gasteiger partial charge in [-0.05, 0) is 36.6 Å². The van der Waals surface area contributed by atoms with E-state index in [4.69, 9.17) is 11.6 Å². The Morgan fingerprint density at radius 3 is 2.08 bits per heavy atom. The van der Waals surface area contributed by atoms with Gasteiger partial charge in [-0.15, -0.1) is 0 Å². The molecule has 0 radical (unpaired) electrons. The molecular formula is C21H19ClNO+. The van der Waals surface area contributed by atoms with Crippen LogP contribution in [-0.2, 0) is 13.0 Å². The zero-order valence-corrected chi connectivity index (χ0v) is 14.3. The largest absolute Gasteiger partial charge is 0.287 e. The molecule has 0 saturated heterocycles. The Morgan fingerprint density at radius 2 is 1.46 bits per heavy atom. The molecule has 2 nitrogen and oxygen atoms in total. The molecule has 0 fully saturated rings. The highest BCUT2D eigenvalue weighted by Crippen LogP contribution is 2.13. The minimum Gasteiger partial charge on any atom is -0.287 e. The summed E-state index contributed by atoms with van der Waals surface area (Å²) >= 11 is 5.91. The van der Waals surface area contributed by atoms with E-state index in [1.165, 1.54) is 11.1 Å². The fourth-order valence-electron chi connectivity index (χ4n) is 2.55. The SMILES string of the molecule is Cc1ccc(C(=O)C[n+]2ccc(Cc3ccc(Cl)cc3)cc2)cc1. The van der Waals surface area contributed by atoms with E-state index in [0.29, 0.717) is 6.54 Å². The van der Waals surface area contributed by atoms with E-state index in [0.717, 1.165) is 22.6 Å². The van der Waals surface area contributed by atoms with E-state index in [1.54, 1.807) is 0 Å². The number of carbonyl (C=O) groups is 1. The molecule has 3 aromatic rings. The second-order valence-corrected chi connectivity index (χ2v) is 6.41. The van der Waals surface area contributed by atoms with Crippen LogP contribution in [0.4, 0.5) is 0 Å². The number of rotatable bonds is 5. The van der Waals surface area contributed by atoms with Gasteiger partial charge in [-0.25, -0.2) is 0 Å². The lowest BCUT2D eigenvalue weighted by molar-refractivity contribution is -0.683. The number of aromatic nitrogens is 1. The van der Waals surface area contributed by atoms with Gasteiger partial charge >= 0.3 is 0 Å². The van der Waals surface area contributed by atoms with Crippen molar-refractivity contribution < 1.29 is 9.36 Å².